The van der Waals surface area contributed by atoms with Crippen LogP contribution >= 0.6 is 0 Å². The highest BCUT2D eigenvalue weighted by Crippen LogP contribution is 2.19. The van der Waals surface area contributed by atoms with Gasteiger partial charge in [0.1, 0.15) is 5.75 Å². The van der Waals surface area contributed by atoms with Gasteiger partial charge in [0, 0.05) is 32.0 Å². The molecule has 1 fully saturated rings. The number of amides is 1. The van der Waals surface area contributed by atoms with E-state index in [2.05, 4.69) is 5.32 Å². The van der Waals surface area contributed by atoms with Gasteiger partial charge < -0.3 is 15.2 Å². The van der Waals surface area contributed by atoms with Crippen molar-refractivity contribution in [2.45, 2.75) is 32.2 Å². The van der Waals surface area contributed by atoms with E-state index >= 15 is 0 Å². The van der Waals surface area contributed by atoms with Gasteiger partial charge >= 0.3 is 5.97 Å². The Bertz CT molecular complexity index is 740. The van der Waals surface area contributed by atoms with E-state index < -0.39 is 16.0 Å². The van der Waals surface area contributed by atoms with Gasteiger partial charge in [0.2, 0.25) is 15.9 Å². The molecule has 1 amide bonds. The van der Waals surface area contributed by atoms with Gasteiger partial charge in [-0.15, -0.1) is 0 Å². The van der Waals surface area contributed by atoms with E-state index in [4.69, 9.17) is 9.84 Å². The lowest BCUT2D eigenvalue weighted by Crippen LogP contribution is -2.42. The molecular formula is C18H26N2O6S. The molecule has 0 radical (unpaired) electrons. The number of nitrogens with one attached hydrogen (secondary N) is 1. The number of carboxylic acid groups (broad SMARTS) is 1. The summed E-state index contributed by atoms with van der Waals surface area (Å²) in [5.74, 6) is -0.410. The third kappa shape index (κ3) is 7.18. The number of carbonyl (C=O) groups is 2. The normalized spacial score (nSPS) is 16.0. The van der Waals surface area contributed by atoms with Crippen LogP contribution in [-0.4, -0.2) is 55.7 Å². The van der Waals surface area contributed by atoms with E-state index in [-0.39, 0.29) is 18.2 Å². The molecule has 1 saturated heterocycles. The number of aliphatic carboxylic acids is 1. The smallest absolute Gasteiger partial charge is 0.303 e. The number of hydrogen-bond acceptors (Lipinski definition) is 5. The summed E-state index contributed by atoms with van der Waals surface area (Å²) >= 11 is 0. The van der Waals surface area contributed by atoms with Crippen molar-refractivity contribution in [3.63, 3.8) is 0 Å². The first-order valence-corrected chi connectivity index (χ1v) is 10.8. The van der Waals surface area contributed by atoms with Gasteiger partial charge in [-0.1, -0.05) is 12.1 Å². The van der Waals surface area contributed by atoms with Crippen LogP contribution in [0.1, 0.15) is 31.2 Å². The molecular weight excluding hydrogens is 372 g/mol. The molecule has 1 aliphatic rings. The molecule has 0 aliphatic carbocycles. The lowest BCUT2D eigenvalue weighted by Gasteiger charge is -2.29. The number of benzene rings is 1. The van der Waals surface area contributed by atoms with Gasteiger partial charge in [-0.3, -0.25) is 9.59 Å². The summed E-state index contributed by atoms with van der Waals surface area (Å²) in [5.41, 5.74) is 0.926. The molecule has 0 atom stereocenters. The number of sulfonamides is 1. The van der Waals surface area contributed by atoms with Crippen LogP contribution < -0.4 is 10.1 Å². The number of ether oxygens (including phenoxy) is 1. The van der Waals surface area contributed by atoms with Gasteiger partial charge in [0.15, 0.2) is 0 Å². The highest BCUT2D eigenvalue weighted by atomic mass is 32.2. The van der Waals surface area contributed by atoms with Crippen LogP contribution in [-0.2, 0) is 26.2 Å². The number of carbonyl (C=O) groups excluding carboxylic acids is 1. The van der Waals surface area contributed by atoms with Crippen LogP contribution in [0.15, 0.2) is 24.3 Å². The zero-order valence-corrected chi connectivity index (χ0v) is 16.2. The molecule has 1 aromatic carbocycles. The van der Waals surface area contributed by atoms with Crippen LogP contribution in [0.25, 0.3) is 0 Å². The van der Waals surface area contributed by atoms with E-state index in [1.807, 2.05) is 12.1 Å². The minimum Gasteiger partial charge on any atom is -0.494 e. The zero-order chi connectivity index (χ0) is 19.9. The summed E-state index contributed by atoms with van der Waals surface area (Å²) in [6, 6.07) is 7.26. The second kappa shape index (κ2) is 9.70. The van der Waals surface area contributed by atoms with Crippen molar-refractivity contribution in [2.24, 2.45) is 5.92 Å². The zero-order valence-electron chi connectivity index (χ0n) is 15.4. The van der Waals surface area contributed by atoms with Crippen molar-refractivity contribution in [3.05, 3.63) is 29.8 Å². The fraction of sp³-hybridized carbons (Fsp3) is 0.556. The van der Waals surface area contributed by atoms with Gasteiger partial charge in [-0.2, -0.15) is 0 Å². The van der Waals surface area contributed by atoms with Gasteiger partial charge in [-0.05, 0) is 37.0 Å². The molecule has 1 aromatic rings. The molecule has 0 aromatic heterocycles. The largest absolute Gasteiger partial charge is 0.494 e. The molecule has 0 spiro atoms. The van der Waals surface area contributed by atoms with Crippen molar-refractivity contribution in [3.8, 4) is 5.75 Å². The summed E-state index contributed by atoms with van der Waals surface area (Å²) in [4.78, 5) is 22.7. The van der Waals surface area contributed by atoms with Gasteiger partial charge in [0.05, 0.1) is 12.9 Å². The number of piperidine rings is 1. The monoisotopic (exact) mass is 398 g/mol. The Morgan fingerprint density at radius 1 is 1.22 bits per heavy atom. The van der Waals surface area contributed by atoms with Crippen LogP contribution in [0.2, 0.25) is 0 Å². The Labute approximate surface area is 159 Å². The Balaban J connectivity index is 1.71. The summed E-state index contributed by atoms with van der Waals surface area (Å²) in [6.45, 7) is 1.49. The summed E-state index contributed by atoms with van der Waals surface area (Å²) in [5, 5.41) is 11.5. The molecule has 27 heavy (non-hydrogen) atoms. The standard InChI is InChI=1S/C18H26N2O6S/c1-27(24,25)20-10-8-15(9-11-20)18(23)19-13-14-4-6-16(7-5-14)26-12-2-3-17(21)22/h4-7,15H,2-3,8-13H2,1H3,(H,19,23)(H,21,22). The summed E-state index contributed by atoms with van der Waals surface area (Å²) in [6.07, 6.45) is 2.77. The predicted octanol–water partition coefficient (Wildman–Crippen LogP) is 1.22. The third-order valence-corrected chi connectivity index (χ3v) is 5.79. The maximum absolute atomic E-state index is 12.3. The lowest BCUT2D eigenvalue weighted by atomic mass is 9.97. The van der Waals surface area contributed by atoms with E-state index in [0.29, 0.717) is 51.3 Å². The molecule has 0 saturated carbocycles. The van der Waals surface area contributed by atoms with Crippen molar-refractivity contribution in [1.82, 2.24) is 9.62 Å². The maximum Gasteiger partial charge on any atom is 0.303 e. The molecule has 2 rings (SSSR count). The fourth-order valence-corrected chi connectivity index (χ4v) is 3.77. The quantitative estimate of drug-likeness (QED) is 0.605. The average molecular weight is 398 g/mol. The van der Waals surface area contributed by atoms with Crippen molar-refractivity contribution >= 4 is 21.9 Å². The first kappa shape index (κ1) is 21.2. The molecule has 1 aliphatic heterocycles. The number of nitrogens with zero attached hydrogens (tertiary/aromatic N) is 1. The number of rotatable bonds is 9. The second-order valence-electron chi connectivity index (χ2n) is 6.64. The van der Waals surface area contributed by atoms with E-state index in [1.54, 1.807) is 12.1 Å². The van der Waals surface area contributed by atoms with Crippen LogP contribution in [0.3, 0.4) is 0 Å². The summed E-state index contributed by atoms with van der Waals surface area (Å²) < 4.78 is 29.9. The molecule has 9 heteroatoms. The highest BCUT2D eigenvalue weighted by Gasteiger charge is 2.28. The minimum absolute atomic E-state index is 0.0582. The molecule has 2 N–H and O–H groups in total. The van der Waals surface area contributed by atoms with Crippen molar-refractivity contribution in [1.29, 1.82) is 0 Å². The van der Waals surface area contributed by atoms with E-state index in [1.165, 1.54) is 10.6 Å². The van der Waals surface area contributed by atoms with E-state index in [9.17, 15) is 18.0 Å². The maximum atomic E-state index is 12.3. The number of carboxylic acids is 1. The Morgan fingerprint density at radius 2 is 1.85 bits per heavy atom. The first-order chi connectivity index (χ1) is 12.8. The highest BCUT2D eigenvalue weighted by molar-refractivity contribution is 7.88. The number of hydrogen-bond donors (Lipinski definition) is 2. The summed E-state index contributed by atoms with van der Waals surface area (Å²) in [7, 11) is -3.19. The Morgan fingerprint density at radius 3 is 2.41 bits per heavy atom. The molecule has 0 unspecified atom stereocenters. The van der Waals surface area contributed by atoms with Crippen molar-refractivity contribution in [2.75, 3.05) is 26.0 Å². The lowest BCUT2D eigenvalue weighted by molar-refractivity contribution is -0.137. The van der Waals surface area contributed by atoms with Crippen LogP contribution in [0, 0.1) is 5.92 Å². The molecule has 1 heterocycles. The topological polar surface area (TPSA) is 113 Å². The Hall–Kier alpha value is -2.13. The average Bonchev–Trinajstić information content (AvgIpc) is 2.63. The molecule has 8 nitrogen and oxygen atoms in total. The van der Waals surface area contributed by atoms with Crippen molar-refractivity contribution < 1.29 is 27.9 Å². The van der Waals surface area contributed by atoms with E-state index in [0.717, 1.165) is 5.56 Å². The fourth-order valence-electron chi connectivity index (χ4n) is 2.90. The third-order valence-electron chi connectivity index (χ3n) is 4.49. The van der Waals surface area contributed by atoms with Gasteiger partial charge in [0.25, 0.3) is 0 Å². The van der Waals surface area contributed by atoms with Crippen LogP contribution in [0.4, 0.5) is 0 Å². The van der Waals surface area contributed by atoms with Crippen LogP contribution in [0.5, 0.6) is 5.75 Å². The SMILES string of the molecule is CS(=O)(=O)N1CCC(C(=O)NCc2ccc(OCCCC(=O)O)cc2)CC1. The van der Waals surface area contributed by atoms with Gasteiger partial charge in [-0.25, -0.2) is 12.7 Å². The predicted molar refractivity (Wildman–Crippen MR) is 99.8 cm³/mol. The molecule has 0 bridgehead atoms. The first-order valence-electron chi connectivity index (χ1n) is 8.92. The Kier molecular flexibility index (Phi) is 7.61. The second-order valence-corrected chi connectivity index (χ2v) is 8.63. The molecule has 150 valence electrons. The minimum atomic E-state index is -3.19.